The van der Waals surface area contributed by atoms with Gasteiger partial charge in [-0.15, -0.1) is 0 Å². The summed E-state index contributed by atoms with van der Waals surface area (Å²) >= 11 is 0. The maximum atomic E-state index is 12.7. The Hall–Kier alpha value is -1.44. The lowest BCUT2D eigenvalue weighted by molar-refractivity contribution is 0.0628. The van der Waals surface area contributed by atoms with Crippen LogP contribution in [0, 0.1) is 5.92 Å². The number of nitrogens with one attached hydrogen (secondary N) is 1. The Labute approximate surface area is 150 Å². The molecule has 140 valence electrons. The normalized spacial score (nSPS) is 16.1. The number of rotatable bonds is 8. The first-order chi connectivity index (χ1) is 11.9. The number of benzene rings is 1. The monoisotopic (exact) mass is 368 g/mol. The van der Waals surface area contributed by atoms with Crippen molar-refractivity contribution >= 4 is 15.9 Å². The van der Waals surface area contributed by atoms with Crippen LogP contribution in [-0.4, -0.2) is 52.0 Å². The molecule has 2 rings (SSSR count). The molecule has 1 fully saturated rings. The Bertz CT molecular complexity index is 652. The van der Waals surface area contributed by atoms with Crippen molar-refractivity contribution in [3.05, 3.63) is 29.8 Å². The number of carbonyl (C=O) groups is 1. The van der Waals surface area contributed by atoms with Gasteiger partial charge in [-0.3, -0.25) is 4.79 Å². The highest BCUT2D eigenvalue weighted by Crippen LogP contribution is 2.21. The Morgan fingerprint density at radius 1 is 1.24 bits per heavy atom. The molecule has 1 N–H and O–H groups in total. The van der Waals surface area contributed by atoms with Crippen LogP contribution in [0.2, 0.25) is 0 Å². The molecule has 7 heteroatoms. The van der Waals surface area contributed by atoms with Gasteiger partial charge in [0.25, 0.3) is 5.91 Å². The van der Waals surface area contributed by atoms with E-state index in [1.807, 2.05) is 6.92 Å². The van der Waals surface area contributed by atoms with Gasteiger partial charge in [0.2, 0.25) is 10.0 Å². The summed E-state index contributed by atoms with van der Waals surface area (Å²) in [5.41, 5.74) is 0.470. The maximum Gasteiger partial charge on any atom is 0.251 e. The van der Waals surface area contributed by atoms with Crippen molar-refractivity contribution < 1.29 is 17.9 Å². The van der Waals surface area contributed by atoms with E-state index < -0.39 is 10.0 Å². The lowest BCUT2D eigenvalue weighted by Gasteiger charge is -2.24. The molecule has 0 saturated carbocycles. The minimum absolute atomic E-state index is 0.182. The molecular formula is C18H28N2O4S. The lowest BCUT2D eigenvalue weighted by atomic mass is 9.97. The van der Waals surface area contributed by atoms with E-state index in [2.05, 4.69) is 5.32 Å². The molecule has 1 aromatic carbocycles. The van der Waals surface area contributed by atoms with Gasteiger partial charge >= 0.3 is 0 Å². The van der Waals surface area contributed by atoms with Crippen LogP contribution >= 0.6 is 0 Å². The summed E-state index contributed by atoms with van der Waals surface area (Å²) in [4.78, 5) is 12.1. The Balaban J connectivity index is 1.96. The first-order valence-electron chi connectivity index (χ1n) is 8.87. The van der Waals surface area contributed by atoms with E-state index in [9.17, 15) is 13.2 Å². The van der Waals surface area contributed by atoms with Crippen LogP contribution in [0.25, 0.3) is 0 Å². The molecule has 0 aromatic heterocycles. The Morgan fingerprint density at radius 3 is 2.48 bits per heavy atom. The number of hydrogen-bond acceptors (Lipinski definition) is 4. The fourth-order valence-electron chi connectivity index (χ4n) is 2.82. The van der Waals surface area contributed by atoms with Crippen LogP contribution in [0.1, 0.15) is 43.0 Å². The molecule has 1 saturated heterocycles. The highest BCUT2D eigenvalue weighted by atomic mass is 32.2. The lowest BCUT2D eigenvalue weighted by Crippen LogP contribution is -2.30. The molecule has 1 aliphatic heterocycles. The van der Waals surface area contributed by atoms with E-state index in [4.69, 9.17) is 4.74 Å². The number of amides is 1. The van der Waals surface area contributed by atoms with Crippen LogP contribution in [0.3, 0.4) is 0 Å². The molecular weight excluding hydrogens is 340 g/mol. The van der Waals surface area contributed by atoms with E-state index in [-0.39, 0.29) is 10.8 Å². The second kappa shape index (κ2) is 9.31. The zero-order valence-corrected chi connectivity index (χ0v) is 15.8. The van der Waals surface area contributed by atoms with Gasteiger partial charge in [0.15, 0.2) is 0 Å². The van der Waals surface area contributed by atoms with Crippen molar-refractivity contribution in [3.63, 3.8) is 0 Å². The molecule has 0 unspecified atom stereocenters. The summed E-state index contributed by atoms with van der Waals surface area (Å²) in [5.74, 6) is 0.342. The first kappa shape index (κ1) is 19.9. The van der Waals surface area contributed by atoms with E-state index in [1.165, 1.54) is 16.4 Å². The molecule has 0 radical (unpaired) electrons. The van der Waals surface area contributed by atoms with Crippen molar-refractivity contribution in [2.45, 2.75) is 37.5 Å². The van der Waals surface area contributed by atoms with Crippen molar-refractivity contribution in [1.29, 1.82) is 0 Å². The molecule has 1 amide bonds. The predicted molar refractivity (Wildman–Crippen MR) is 97.0 cm³/mol. The van der Waals surface area contributed by atoms with Gasteiger partial charge in [-0.2, -0.15) is 0 Å². The van der Waals surface area contributed by atoms with Gasteiger partial charge in [0.1, 0.15) is 0 Å². The molecule has 1 heterocycles. The third-order valence-electron chi connectivity index (χ3n) is 4.55. The summed E-state index contributed by atoms with van der Waals surface area (Å²) in [6.45, 7) is 4.61. The highest BCUT2D eigenvalue weighted by Gasteiger charge is 2.23. The van der Waals surface area contributed by atoms with Gasteiger partial charge in [0, 0.05) is 38.9 Å². The molecule has 0 aliphatic carbocycles. The minimum Gasteiger partial charge on any atom is -0.381 e. The number of hydrogen-bond donors (Lipinski definition) is 1. The SMILES string of the molecule is CCCNC(=O)c1ccc(S(=O)(=O)N(C)CCC2CCOCC2)cc1. The second-order valence-electron chi connectivity index (χ2n) is 6.45. The topological polar surface area (TPSA) is 75.7 Å². The fraction of sp³-hybridized carbons (Fsp3) is 0.611. The van der Waals surface area contributed by atoms with Crippen LogP contribution < -0.4 is 5.32 Å². The van der Waals surface area contributed by atoms with Crippen LogP contribution in [-0.2, 0) is 14.8 Å². The first-order valence-corrected chi connectivity index (χ1v) is 10.3. The van der Waals surface area contributed by atoms with Gasteiger partial charge < -0.3 is 10.1 Å². The van der Waals surface area contributed by atoms with E-state index in [1.54, 1.807) is 19.2 Å². The Morgan fingerprint density at radius 2 is 1.88 bits per heavy atom. The number of carbonyl (C=O) groups excluding carboxylic acids is 1. The standard InChI is InChI=1S/C18H28N2O4S/c1-3-11-19-18(21)16-4-6-17(7-5-16)25(22,23)20(2)12-8-15-9-13-24-14-10-15/h4-7,15H,3,8-14H2,1-2H3,(H,19,21). The minimum atomic E-state index is -3.53. The third-order valence-corrected chi connectivity index (χ3v) is 6.42. The van der Waals surface area contributed by atoms with Gasteiger partial charge in [-0.25, -0.2) is 12.7 Å². The third kappa shape index (κ3) is 5.52. The average molecular weight is 368 g/mol. The van der Waals surface area contributed by atoms with Crippen molar-refractivity contribution in [2.24, 2.45) is 5.92 Å². The zero-order valence-electron chi connectivity index (χ0n) is 15.0. The molecule has 25 heavy (non-hydrogen) atoms. The average Bonchev–Trinajstić information content (AvgIpc) is 2.65. The van der Waals surface area contributed by atoms with Crippen LogP contribution in [0.4, 0.5) is 0 Å². The highest BCUT2D eigenvalue weighted by molar-refractivity contribution is 7.89. The number of nitrogens with zero attached hydrogens (tertiary/aromatic N) is 1. The Kier molecular flexibility index (Phi) is 7.40. The van der Waals surface area contributed by atoms with Gasteiger partial charge in [-0.05, 0) is 55.9 Å². The number of ether oxygens (including phenoxy) is 1. The van der Waals surface area contributed by atoms with Crippen molar-refractivity contribution in [2.75, 3.05) is 33.4 Å². The molecule has 0 bridgehead atoms. The largest absolute Gasteiger partial charge is 0.381 e. The van der Waals surface area contributed by atoms with Crippen LogP contribution in [0.5, 0.6) is 0 Å². The van der Waals surface area contributed by atoms with Gasteiger partial charge in [-0.1, -0.05) is 6.92 Å². The summed E-state index contributed by atoms with van der Waals surface area (Å²) in [5, 5.41) is 2.78. The summed E-state index contributed by atoms with van der Waals surface area (Å²) in [7, 11) is -1.92. The molecule has 1 aliphatic rings. The number of sulfonamides is 1. The zero-order chi connectivity index (χ0) is 18.3. The van der Waals surface area contributed by atoms with Gasteiger partial charge in [0.05, 0.1) is 4.90 Å². The molecule has 0 spiro atoms. The van der Waals surface area contributed by atoms with Crippen LogP contribution in [0.15, 0.2) is 29.2 Å². The van der Waals surface area contributed by atoms with E-state index in [0.29, 0.717) is 24.6 Å². The molecule has 1 aromatic rings. The quantitative estimate of drug-likeness (QED) is 0.764. The summed E-state index contributed by atoms with van der Waals surface area (Å²) in [6, 6.07) is 6.12. The fourth-order valence-corrected chi connectivity index (χ4v) is 4.00. The summed E-state index contributed by atoms with van der Waals surface area (Å²) < 4.78 is 32.0. The molecule has 0 atom stereocenters. The van der Waals surface area contributed by atoms with Crippen molar-refractivity contribution in [1.82, 2.24) is 9.62 Å². The van der Waals surface area contributed by atoms with E-state index in [0.717, 1.165) is 38.9 Å². The smallest absolute Gasteiger partial charge is 0.251 e. The molecule has 6 nitrogen and oxygen atoms in total. The predicted octanol–water partition coefficient (Wildman–Crippen LogP) is 2.26. The maximum absolute atomic E-state index is 12.7. The van der Waals surface area contributed by atoms with E-state index >= 15 is 0 Å². The van der Waals surface area contributed by atoms with Crippen molar-refractivity contribution in [3.8, 4) is 0 Å². The summed E-state index contributed by atoms with van der Waals surface area (Å²) in [6.07, 6.45) is 3.69. The second-order valence-corrected chi connectivity index (χ2v) is 8.50.